The van der Waals surface area contributed by atoms with E-state index in [1.807, 2.05) is 13.0 Å². The molecule has 0 fully saturated rings. The number of carbonyl (C=O) groups is 1. The van der Waals surface area contributed by atoms with Crippen LogP contribution in [-0.4, -0.2) is 15.9 Å². The van der Waals surface area contributed by atoms with E-state index in [0.29, 0.717) is 12.3 Å². The lowest BCUT2D eigenvalue weighted by molar-refractivity contribution is 0.0942. The number of nitrogens with two attached hydrogens (primary N) is 1. The first kappa shape index (κ1) is 11.1. The third-order valence-electron chi connectivity index (χ3n) is 2.11. The van der Waals surface area contributed by atoms with Gasteiger partial charge in [-0.1, -0.05) is 0 Å². The van der Waals surface area contributed by atoms with Crippen molar-refractivity contribution in [3.63, 3.8) is 0 Å². The quantitative estimate of drug-likeness (QED) is 0.819. The summed E-state index contributed by atoms with van der Waals surface area (Å²) in [4.78, 5) is 19.3. The SMILES string of the molecule is Cc1ccc(CNC(=O)c2cncc(N)n2)o1. The van der Waals surface area contributed by atoms with Crippen LogP contribution < -0.4 is 11.1 Å². The third kappa shape index (κ3) is 2.81. The van der Waals surface area contributed by atoms with Gasteiger partial charge in [0.05, 0.1) is 18.9 Å². The van der Waals surface area contributed by atoms with Crippen LogP contribution in [0.25, 0.3) is 0 Å². The van der Waals surface area contributed by atoms with Crippen molar-refractivity contribution in [1.82, 2.24) is 15.3 Å². The number of aromatic nitrogens is 2. The van der Waals surface area contributed by atoms with Crippen LogP contribution in [0.4, 0.5) is 5.82 Å². The molecule has 6 heteroatoms. The smallest absolute Gasteiger partial charge is 0.271 e. The van der Waals surface area contributed by atoms with E-state index >= 15 is 0 Å². The van der Waals surface area contributed by atoms with Crippen molar-refractivity contribution in [2.45, 2.75) is 13.5 Å². The number of amides is 1. The molecule has 2 aromatic heterocycles. The zero-order valence-corrected chi connectivity index (χ0v) is 9.30. The minimum atomic E-state index is -0.334. The summed E-state index contributed by atoms with van der Waals surface area (Å²) in [7, 11) is 0. The molecule has 0 aliphatic heterocycles. The van der Waals surface area contributed by atoms with Gasteiger partial charge in [0.2, 0.25) is 0 Å². The maximum absolute atomic E-state index is 11.7. The molecule has 0 bridgehead atoms. The molecule has 2 aromatic rings. The number of nitrogen functional groups attached to an aromatic ring is 1. The van der Waals surface area contributed by atoms with Gasteiger partial charge in [0.25, 0.3) is 5.91 Å². The lowest BCUT2D eigenvalue weighted by atomic mass is 10.4. The van der Waals surface area contributed by atoms with E-state index in [4.69, 9.17) is 10.2 Å². The molecule has 3 N–H and O–H groups in total. The largest absolute Gasteiger partial charge is 0.465 e. The highest BCUT2D eigenvalue weighted by molar-refractivity contribution is 5.92. The zero-order valence-electron chi connectivity index (χ0n) is 9.30. The van der Waals surface area contributed by atoms with Crippen LogP contribution in [0.5, 0.6) is 0 Å². The number of furan rings is 1. The lowest BCUT2D eigenvalue weighted by Crippen LogP contribution is -2.24. The van der Waals surface area contributed by atoms with Crippen LogP contribution in [0.2, 0.25) is 0 Å². The molecule has 0 aliphatic rings. The Kier molecular flexibility index (Phi) is 3.04. The van der Waals surface area contributed by atoms with Gasteiger partial charge in [-0.2, -0.15) is 0 Å². The fraction of sp³-hybridized carbons (Fsp3) is 0.182. The first-order valence-corrected chi connectivity index (χ1v) is 5.06. The zero-order chi connectivity index (χ0) is 12.3. The van der Waals surface area contributed by atoms with Gasteiger partial charge in [-0.15, -0.1) is 0 Å². The van der Waals surface area contributed by atoms with Crippen LogP contribution in [0.15, 0.2) is 28.9 Å². The molecule has 0 radical (unpaired) electrons. The number of carbonyl (C=O) groups excluding carboxylic acids is 1. The normalized spacial score (nSPS) is 10.2. The fourth-order valence-electron chi connectivity index (χ4n) is 1.33. The van der Waals surface area contributed by atoms with E-state index in [-0.39, 0.29) is 17.4 Å². The number of anilines is 1. The third-order valence-corrected chi connectivity index (χ3v) is 2.11. The second-order valence-electron chi connectivity index (χ2n) is 3.52. The highest BCUT2D eigenvalue weighted by Gasteiger charge is 2.08. The molecular weight excluding hydrogens is 220 g/mol. The van der Waals surface area contributed by atoms with Gasteiger partial charge >= 0.3 is 0 Å². The summed E-state index contributed by atoms with van der Waals surface area (Å²) < 4.78 is 5.32. The molecule has 1 amide bonds. The Labute approximate surface area is 97.9 Å². The van der Waals surface area contributed by atoms with Gasteiger partial charge in [0, 0.05) is 0 Å². The first-order chi connectivity index (χ1) is 8.15. The average Bonchev–Trinajstić information content (AvgIpc) is 2.72. The number of rotatable bonds is 3. The van der Waals surface area contributed by atoms with E-state index in [9.17, 15) is 4.79 Å². The molecule has 0 atom stereocenters. The summed E-state index contributed by atoms with van der Waals surface area (Å²) in [5, 5.41) is 2.67. The van der Waals surface area contributed by atoms with Crippen molar-refractivity contribution in [3.8, 4) is 0 Å². The summed E-state index contributed by atoms with van der Waals surface area (Å²) in [6, 6.07) is 3.64. The maximum atomic E-state index is 11.7. The molecule has 6 nitrogen and oxygen atoms in total. The standard InChI is InChI=1S/C11H12N4O2/c1-7-2-3-8(17-7)4-14-11(16)9-5-13-6-10(12)15-9/h2-3,5-6H,4H2,1H3,(H2,12,15)(H,14,16). The van der Waals surface area contributed by atoms with Gasteiger partial charge in [-0.05, 0) is 19.1 Å². The Morgan fingerprint density at radius 3 is 2.94 bits per heavy atom. The molecule has 0 aliphatic carbocycles. The number of nitrogens with one attached hydrogen (secondary N) is 1. The molecule has 0 saturated carbocycles. The van der Waals surface area contributed by atoms with Gasteiger partial charge in [-0.25, -0.2) is 4.98 Å². The van der Waals surface area contributed by atoms with E-state index in [2.05, 4.69) is 15.3 Å². The molecule has 2 heterocycles. The summed E-state index contributed by atoms with van der Waals surface area (Å²) in [6.45, 7) is 2.15. The van der Waals surface area contributed by atoms with Crippen LogP contribution in [-0.2, 0) is 6.54 Å². The summed E-state index contributed by atoms with van der Waals surface area (Å²) >= 11 is 0. The van der Waals surface area contributed by atoms with Gasteiger partial charge < -0.3 is 15.5 Å². The molecule has 0 unspecified atom stereocenters. The topological polar surface area (TPSA) is 94.0 Å². The Morgan fingerprint density at radius 1 is 1.47 bits per heavy atom. The summed E-state index contributed by atoms with van der Waals surface area (Å²) in [6.07, 6.45) is 2.74. The van der Waals surface area contributed by atoms with Crippen LogP contribution >= 0.6 is 0 Å². The van der Waals surface area contributed by atoms with E-state index < -0.39 is 0 Å². The number of aryl methyl sites for hydroxylation is 1. The van der Waals surface area contributed by atoms with Crippen LogP contribution in [0.3, 0.4) is 0 Å². The summed E-state index contributed by atoms with van der Waals surface area (Å²) in [5.41, 5.74) is 5.62. The molecule has 17 heavy (non-hydrogen) atoms. The van der Waals surface area contributed by atoms with E-state index in [0.717, 1.165) is 5.76 Å². The average molecular weight is 232 g/mol. The summed E-state index contributed by atoms with van der Waals surface area (Å²) in [5.74, 6) is 1.37. The predicted molar refractivity (Wildman–Crippen MR) is 61.1 cm³/mol. The van der Waals surface area contributed by atoms with Gasteiger partial charge in [-0.3, -0.25) is 9.78 Å². The monoisotopic (exact) mass is 232 g/mol. The molecule has 88 valence electrons. The second-order valence-corrected chi connectivity index (χ2v) is 3.52. The van der Waals surface area contributed by atoms with Crippen molar-refractivity contribution in [2.24, 2.45) is 0 Å². The molecule has 0 saturated heterocycles. The Morgan fingerprint density at radius 2 is 2.29 bits per heavy atom. The highest BCUT2D eigenvalue weighted by atomic mass is 16.3. The Bertz CT molecular complexity index is 536. The van der Waals surface area contributed by atoms with Crippen molar-refractivity contribution in [2.75, 3.05) is 5.73 Å². The molecule has 0 spiro atoms. The number of hydrogen-bond acceptors (Lipinski definition) is 5. The maximum Gasteiger partial charge on any atom is 0.271 e. The van der Waals surface area contributed by atoms with Crippen molar-refractivity contribution < 1.29 is 9.21 Å². The highest BCUT2D eigenvalue weighted by Crippen LogP contribution is 2.06. The molecular formula is C11H12N4O2. The van der Waals surface area contributed by atoms with Crippen LogP contribution in [0, 0.1) is 6.92 Å². The number of nitrogens with zero attached hydrogens (tertiary/aromatic N) is 2. The number of hydrogen-bond donors (Lipinski definition) is 2. The van der Waals surface area contributed by atoms with Crippen LogP contribution in [0.1, 0.15) is 22.0 Å². The minimum absolute atomic E-state index is 0.188. The lowest BCUT2D eigenvalue weighted by Gasteiger charge is -2.02. The fourth-order valence-corrected chi connectivity index (χ4v) is 1.33. The Hall–Kier alpha value is -2.37. The predicted octanol–water partition coefficient (Wildman–Crippen LogP) is 0.890. The first-order valence-electron chi connectivity index (χ1n) is 5.06. The van der Waals surface area contributed by atoms with E-state index in [1.54, 1.807) is 6.07 Å². The van der Waals surface area contributed by atoms with E-state index in [1.165, 1.54) is 12.4 Å². The minimum Gasteiger partial charge on any atom is -0.465 e. The van der Waals surface area contributed by atoms with Gasteiger partial charge in [0.1, 0.15) is 23.0 Å². The van der Waals surface area contributed by atoms with Crippen molar-refractivity contribution in [3.05, 3.63) is 41.7 Å². The van der Waals surface area contributed by atoms with Crippen molar-refractivity contribution >= 4 is 11.7 Å². The Balaban J connectivity index is 1.98. The van der Waals surface area contributed by atoms with Gasteiger partial charge in [0.15, 0.2) is 0 Å². The molecule has 2 rings (SSSR count). The second kappa shape index (κ2) is 4.65. The van der Waals surface area contributed by atoms with Crippen molar-refractivity contribution in [1.29, 1.82) is 0 Å². The molecule has 0 aromatic carbocycles.